The smallest absolute Gasteiger partial charge is 0.255 e. The van der Waals surface area contributed by atoms with Crippen LogP contribution >= 0.6 is 11.6 Å². The molecule has 3 rings (SSSR count). The Morgan fingerprint density at radius 2 is 2.00 bits per heavy atom. The van der Waals surface area contributed by atoms with E-state index in [2.05, 4.69) is 6.07 Å². The van der Waals surface area contributed by atoms with E-state index in [-0.39, 0.29) is 5.56 Å². The molecule has 2 aromatic rings. The normalized spacial score (nSPS) is 15.6. The Labute approximate surface area is 139 Å². The van der Waals surface area contributed by atoms with E-state index in [9.17, 15) is 4.79 Å². The zero-order valence-corrected chi connectivity index (χ0v) is 13.8. The molecule has 1 aromatic carbocycles. The predicted molar refractivity (Wildman–Crippen MR) is 89.6 cm³/mol. The maximum absolute atomic E-state index is 12.4. The molecule has 0 aliphatic carbocycles. The van der Waals surface area contributed by atoms with Crippen molar-refractivity contribution in [2.75, 3.05) is 0 Å². The van der Waals surface area contributed by atoms with Crippen LogP contribution in [0.15, 0.2) is 46.9 Å². The first kappa shape index (κ1) is 15.4. The molecule has 0 spiro atoms. The number of ether oxygens (including phenoxy) is 1. The van der Waals surface area contributed by atoms with Crippen LogP contribution in [0.4, 0.5) is 0 Å². The van der Waals surface area contributed by atoms with Gasteiger partial charge in [0.05, 0.1) is 22.4 Å². The molecule has 0 radical (unpaired) electrons. The molecular formula is C18H15ClN2O2. The molecule has 1 aliphatic heterocycles. The molecule has 0 amide bonds. The van der Waals surface area contributed by atoms with Crippen LogP contribution in [0.25, 0.3) is 5.70 Å². The van der Waals surface area contributed by atoms with Gasteiger partial charge in [-0.05, 0) is 50.6 Å². The van der Waals surface area contributed by atoms with E-state index in [1.165, 1.54) is 10.6 Å². The monoisotopic (exact) mass is 326 g/mol. The van der Waals surface area contributed by atoms with Crippen molar-refractivity contribution >= 4 is 17.3 Å². The van der Waals surface area contributed by atoms with Gasteiger partial charge in [0.15, 0.2) is 0 Å². The second kappa shape index (κ2) is 5.29. The number of pyridine rings is 1. The van der Waals surface area contributed by atoms with Crippen LogP contribution in [0, 0.1) is 11.3 Å². The first-order chi connectivity index (χ1) is 10.8. The highest BCUT2D eigenvalue weighted by atomic mass is 35.5. The maximum atomic E-state index is 12.4. The highest BCUT2D eigenvalue weighted by Gasteiger charge is 2.33. The minimum atomic E-state index is -0.571. The summed E-state index contributed by atoms with van der Waals surface area (Å²) in [5.41, 5.74) is 2.07. The molecule has 0 saturated heterocycles. The third-order valence-corrected chi connectivity index (χ3v) is 4.33. The van der Waals surface area contributed by atoms with Gasteiger partial charge in [-0.2, -0.15) is 5.26 Å². The van der Waals surface area contributed by atoms with Crippen LogP contribution in [0.5, 0.6) is 5.75 Å². The number of nitriles is 1. The van der Waals surface area contributed by atoms with E-state index in [1.807, 2.05) is 20.8 Å². The van der Waals surface area contributed by atoms with E-state index < -0.39 is 5.60 Å². The molecule has 5 heteroatoms. The van der Waals surface area contributed by atoms with E-state index in [1.54, 1.807) is 30.5 Å². The third-order valence-electron chi connectivity index (χ3n) is 4.10. The lowest BCUT2D eigenvalue weighted by Gasteiger charge is -2.36. The summed E-state index contributed by atoms with van der Waals surface area (Å²) in [5.74, 6) is 0.640. The van der Waals surface area contributed by atoms with Crippen LogP contribution < -0.4 is 10.3 Å². The van der Waals surface area contributed by atoms with Crippen molar-refractivity contribution in [2.45, 2.75) is 26.4 Å². The lowest BCUT2D eigenvalue weighted by molar-refractivity contribution is 0.143. The number of hydrogen-bond acceptors (Lipinski definition) is 3. The van der Waals surface area contributed by atoms with E-state index in [0.717, 1.165) is 5.57 Å². The van der Waals surface area contributed by atoms with E-state index in [4.69, 9.17) is 21.6 Å². The molecule has 1 aromatic heterocycles. The summed E-state index contributed by atoms with van der Waals surface area (Å²) in [6.45, 7) is 5.81. The van der Waals surface area contributed by atoms with Crippen LogP contribution in [0.1, 0.15) is 31.9 Å². The molecule has 0 saturated carbocycles. The van der Waals surface area contributed by atoms with Gasteiger partial charge in [-0.15, -0.1) is 0 Å². The van der Waals surface area contributed by atoms with Crippen LogP contribution in [-0.4, -0.2) is 10.2 Å². The van der Waals surface area contributed by atoms with Gasteiger partial charge >= 0.3 is 0 Å². The van der Waals surface area contributed by atoms with Crippen molar-refractivity contribution in [1.82, 2.24) is 4.57 Å². The molecule has 0 N–H and O–H groups in total. The fourth-order valence-corrected chi connectivity index (χ4v) is 2.82. The summed E-state index contributed by atoms with van der Waals surface area (Å²) in [5, 5.41) is 9.63. The SMILES string of the molecule is CC1=C(n2cc(Cl)ccc2=O)c2cc(C#N)ccc2OC1(C)C. The van der Waals surface area contributed by atoms with Gasteiger partial charge in [0, 0.05) is 17.8 Å². The third kappa shape index (κ3) is 2.54. The summed E-state index contributed by atoms with van der Waals surface area (Å²) >= 11 is 6.07. The Kier molecular flexibility index (Phi) is 3.54. The largest absolute Gasteiger partial charge is 0.483 e. The lowest BCUT2D eigenvalue weighted by Crippen LogP contribution is -2.36. The molecule has 23 heavy (non-hydrogen) atoms. The van der Waals surface area contributed by atoms with Gasteiger partial charge in [-0.1, -0.05) is 11.6 Å². The number of aromatic nitrogens is 1. The number of fused-ring (bicyclic) bond motifs is 1. The molecule has 2 heterocycles. The fourth-order valence-electron chi connectivity index (χ4n) is 2.66. The Hall–Kier alpha value is -2.51. The number of hydrogen-bond donors (Lipinski definition) is 0. The van der Waals surface area contributed by atoms with E-state index >= 15 is 0 Å². The summed E-state index contributed by atoms with van der Waals surface area (Å²) in [4.78, 5) is 12.4. The fraction of sp³-hybridized carbons (Fsp3) is 0.222. The number of halogens is 1. The van der Waals surface area contributed by atoms with Gasteiger partial charge < -0.3 is 4.74 Å². The Morgan fingerprint density at radius 1 is 1.26 bits per heavy atom. The second-order valence-electron chi connectivity index (χ2n) is 5.96. The number of benzene rings is 1. The minimum absolute atomic E-state index is 0.185. The highest BCUT2D eigenvalue weighted by molar-refractivity contribution is 6.30. The molecule has 0 bridgehead atoms. The Bertz CT molecular complexity index is 933. The zero-order chi connectivity index (χ0) is 16.8. The average Bonchev–Trinajstić information content (AvgIpc) is 2.51. The van der Waals surface area contributed by atoms with Gasteiger partial charge in [0.1, 0.15) is 11.4 Å². The Balaban J connectivity index is 2.38. The quantitative estimate of drug-likeness (QED) is 0.800. The van der Waals surface area contributed by atoms with Crippen molar-refractivity contribution in [1.29, 1.82) is 5.26 Å². The molecule has 116 valence electrons. The summed E-state index contributed by atoms with van der Waals surface area (Å²) < 4.78 is 7.55. The van der Waals surface area contributed by atoms with Crippen LogP contribution in [-0.2, 0) is 0 Å². The number of nitrogens with zero attached hydrogens (tertiary/aromatic N) is 2. The van der Waals surface area contributed by atoms with Crippen LogP contribution in [0.2, 0.25) is 5.02 Å². The summed E-state index contributed by atoms with van der Waals surface area (Å²) in [7, 11) is 0. The topological polar surface area (TPSA) is 55.0 Å². The molecule has 0 fully saturated rings. The molecular weight excluding hydrogens is 312 g/mol. The molecule has 1 aliphatic rings. The second-order valence-corrected chi connectivity index (χ2v) is 6.40. The van der Waals surface area contributed by atoms with Gasteiger partial charge in [0.2, 0.25) is 0 Å². The molecule has 4 nitrogen and oxygen atoms in total. The number of rotatable bonds is 1. The summed E-state index contributed by atoms with van der Waals surface area (Å²) in [6.07, 6.45) is 1.59. The standard InChI is InChI=1S/C18H15ClN2O2/c1-11-17(21-10-13(19)5-7-16(21)22)14-8-12(9-20)4-6-15(14)23-18(11,2)3/h4-8,10H,1-3H3. The van der Waals surface area contributed by atoms with Crippen molar-refractivity contribution in [3.8, 4) is 11.8 Å². The first-order valence-corrected chi connectivity index (χ1v) is 7.55. The Morgan fingerprint density at radius 3 is 2.70 bits per heavy atom. The maximum Gasteiger partial charge on any atom is 0.255 e. The minimum Gasteiger partial charge on any atom is -0.483 e. The molecule has 0 unspecified atom stereocenters. The first-order valence-electron chi connectivity index (χ1n) is 7.17. The van der Waals surface area contributed by atoms with Crippen molar-refractivity contribution < 1.29 is 4.74 Å². The molecule has 0 atom stereocenters. The van der Waals surface area contributed by atoms with Crippen molar-refractivity contribution in [3.05, 3.63) is 68.6 Å². The van der Waals surface area contributed by atoms with Crippen molar-refractivity contribution in [3.63, 3.8) is 0 Å². The van der Waals surface area contributed by atoms with E-state index in [0.29, 0.717) is 27.6 Å². The van der Waals surface area contributed by atoms with Crippen molar-refractivity contribution in [2.24, 2.45) is 0 Å². The van der Waals surface area contributed by atoms with Gasteiger partial charge in [-0.3, -0.25) is 9.36 Å². The predicted octanol–water partition coefficient (Wildman–Crippen LogP) is 3.82. The zero-order valence-electron chi connectivity index (χ0n) is 13.1. The average molecular weight is 327 g/mol. The lowest BCUT2D eigenvalue weighted by atomic mass is 9.90. The van der Waals surface area contributed by atoms with Gasteiger partial charge in [-0.25, -0.2) is 0 Å². The van der Waals surface area contributed by atoms with Crippen LogP contribution in [0.3, 0.4) is 0 Å². The summed E-state index contributed by atoms with van der Waals surface area (Å²) in [6, 6.07) is 10.3. The van der Waals surface area contributed by atoms with Gasteiger partial charge in [0.25, 0.3) is 5.56 Å². The highest BCUT2D eigenvalue weighted by Crippen LogP contribution is 2.41.